The number of benzene rings is 1. The fraction of sp³-hybridized carbons (Fsp3) is 0.438. The Balaban J connectivity index is 1.96. The van der Waals surface area contributed by atoms with Gasteiger partial charge in [-0.3, -0.25) is 9.10 Å². The van der Waals surface area contributed by atoms with E-state index in [1.807, 2.05) is 12.1 Å². The molecule has 0 spiro atoms. The first-order valence-corrected chi connectivity index (χ1v) is 9.20. The molecule has 1 aliphatic heterocycles. The van der Waals surface area contributed by atoms with E-state index in [4.69, 9.17) is 0 Å². The van der Waals surface area contributed by atoms with Gasteiger partial charge in [-0.05, 0) is 36.6 Å². The van der Waals surface area contributed by atoms with Crippen LogP contribution in [0.2, 0.25) is 0 Å². The van der Waals surface area contributed by atoms with E-state index < -0.39 is 10.0 Å². The first-order valence-electron chi connectivity index (χ1n) is 7.59. The van der Waals surface area contributed by atoms with Gasteiger partial charge in [0.2, 0.25) is 15.9 Å². The molecule has 1 heterocycles. The molecule has 1 N–H and O–H groups in total. The van der Waals surface area contributed by atoms with E-state index in [1.54, 1.807) is 18.2 Å². The van der Waals surface area contributed by atoms with E-state index in [0.29, 0.717) is 25.2 Å². The van der Waals surface area contributed by atoms with Crippen LogP contribution in [0.5, 0.6) is 0 Å². The largest absolute Gasteiger partial charge is 0.353 e. The minimum absolute atomic E-state index is 0.111. The van der Waals surface area contributed by atoms with E-state index in [-0.39, 0.29) is 11.7 Å². The number of hydrogen-bond acceptors (Lipinski definition) is 3. The molecule has 1 aromatic carbocycles. The lowest BCUT2D eigenvalue weighted by atomic mass is 10.2. The summed E-state index contributed by atoms with van der Waals surface area (Å²) in [6.07, 6.45) is 5.91. The minimum atomic E-state index is -3.14. The number of nitrogens with one attached hydrogen (secondary N) is 1. The van der Waals surface area contributed by atoms with Crippen molar-refractivity contribution in [1.29, 1.82) is 0 Å². The Morgan fingerprint density at radius 1 is 1.32 bits per heavy atom. The van der Waals surface area contributed by atoms with Crippen molar-refractivity contribution in [2.75, 3.05) is 23.1 Å². The molecule has 0 unspecified atom stereocenters. The average Bonchev–Trinajstić information content (AvgIpc) is 2.85. The van der Waals surface area contributed by atoms with Crippen LogP contribution in [0.25, 0.3) is 6.08 Å². The third-order valence-electron chi connectivity index (χ3n) is 3.54. The second-order valence-corrected chi connectivity index (χ2v) is 7.32. The first kappa shape index (κ1) is 16.5. The Hall–Kier alpha value is -1.82. The zero-order chi connectivity index (χ0) is 16.0. The summed E-state index contributed by atoms with van der Waals surface area (Å²) in [6, 6.07) is 7.19. The molecule has 6 heteroatoms. The second-order valence-electron chi connectivity index (χ2n) is 5.31. The lowest BCUT2D eigenvalue weighted by Crippen LogP contribution is -2.24. The van der Waals surface area contributed by atoms with Gasteiger partial charge >= 0.3 is 0 Å². The van der Waals surface area contributed by atoms with Crippen LogP contribution in [0.3, 0.4) is 0 Å². The lowest BCUT2D eigenvalue weighted by molar-refractivity contribution is -0.116. The fourth-order valence-electron chi connectivity index (χ4n) is 2.30. The van der Waals surface area contributed by atoms with Gasteiger partial charge in [-0.2, -0.15) is 0 Å². The second kappa shape index (κ2) is 7.45. The summed E-state index contributed by atoms with van der Waals surface area (Å²) in [7, 11) is -3.14. The highest BCUT2D eigenvalue weighted by atomic mass is 32.2. The Kier molecular flexibility index (Phi) is 5.60. The predicted octanol–water partition coefficient (Wildman–Crippen LogP) is 2.16. The number of carbonyl (C=O) groups excluding carboxylic acids is 1. The molecule has 0 aliphatic carbocycles. The fourth-order valence-corrected chi connectivity index (χ4v) is 3.86. The number of unbranched alkanes of at least 4 members (excludes halogenated alkanes) is 1. The highest BCUT2D eigenvalue weighted by Crippen LogP contribution is 2.24. The van der Waals surface area contributed by atoms with Crippen molar-refractivity contribution in [2.45, 2.75) is 26.2 Å². The van der Waals surface area contributed by atoms with Gasteiger partial charge in [0, 0.05) is 19.2 Å². The Bertz CT molecular complexity index is 636. The normalized spacial score (nSPS) is 17.0. The molecule has 0 aromatic heterocycles. The van der Waals surface area contributed by atoms with Crippen LogP contribution >= 0.6 is 0 Å². The molecule has 5 nitrogen and oxygen atoms in total. The summed E-state index contributed by atoms with van der Waals surface area (Å²) in [5.74, 6) is 0.103. The SMILES string of the molecule is CCCCNC(=O)/C=C/c1ccc(N2CCCS2(=O)=O)cc1. The van der Waals surface area contributed by atoms with Crippen molar-refractivity contribution in [3.05, 3.63) is 35.9 Å². The van der Waals surface area contributed by atoms with Crippen LogP contribution in [0.4, 0.5) is 5.69 Å². The van der Waals surface area contributed by atoms with Crippen molar-refractivity contribution in [1.82, 2.24) is 5.32 Å². The molecule has 1 aliphatic rings. The van der Waals surface area contributed by atoms with Crippen LogP contribution in [0.15, 0.2) is 30.3 Å². The standard InChI is InChI=1S/C16H22N2O3S/c1-2-3-11-17-16(19)10-7-14-5-8-15(9-6-14)18-12-4-13-22(18,20)21/h5-10H,2-4,11-13H2,1H3,(H,17,19)/b10-7+. The topological polar surface area (TPSA) is 66.5 Å². The van der Waals surface area contributed by atoms with Crippen molar-refractivity contribution >= 4 is 27.7 Å². The maximum atomic E-state index is 11.8. The van der Waals surface area contributed by atoms with E-state index in [0.717, 1.165) is 18.4 Å². The summed E-state index contributed by atoms with van der Waals surface area (Å²) >= 11 is 0. The van der Waals surface area contributed by atoms with Crippen molar-refractivity contribution < 1.29 is 13.2 Å². The highest BCUT2D eigenvalue weighted by Gasteiger charge is 2.28. The molecule has 120 valence electrons. The predicted molar refractivity (Wildman–Crippen MR) is 89.1 cm³/mol. The maximum Gasteiger partial charge on any atom is 0.243 e. The van der Waals surface area contributed by atoms with Crippen LogP contribution in [0, 0.1) is 0 Å². The highest BCUT2D eigenvalue weighted by molar-refractivity contribution is 7.93. The van der Waals surface area contributed by atoms with Gasteiger partial charge in [-0.15, -0.1) is 0 Å². The summed E-state index contributed by atoms with van der Waals surface area (Å²) < 4.78 is 25.1. The number of amides is 1. The number of nitrogens with zero attached hydrogens (tertiary/aromatic N) is 1. The minimum Gasteiger partial charge on any atom is -0.353 e. The van der Waals surface area contributed by atoms with Crippen molar-refractivity contribution in [3.63, 3.8) is 0 Å². The smallest absolute Gasteiger partial charge is 0.243 e. The number of hydrogen-bond donors (Lipinski definition) is 1. The van der Waals surface area contributed by atoms with Crippen LogP contribution < -0.4 is 9.62 Å². The molecule has 2 rings (SSSR count). The number of sulfonamides is 1. The zero-order valence-corrected chi connectivity index (χ0v) is 13.6. The molecule has 1 aromatic rings. The molecule has 1 amide bonds. The molecule has 0 atom stereocenters. The van der Waals surface area contributed by atoms with E-state index >= 15 is 0 Å². The summed E-state index contributed by atoms with van der Waals surface area (Å²) in [5.41, 5.74) is 1.55. The molecule has 0 bridgehead atoms. The van der Waals surface area contributed by atoms with E-state index in [1.165, 1.54) is 10.4 Å². The Morgan fingerprint density at radius 3 is 2.64 bits per heavy atom. The number of anilines is 1. The summed E-state index contributed by atoms with van der Waals surface area (Å²) in [5, 5.41) is 2.81. The first-order chi connectivity index (χ1) is 10.5. The molecule has 22 heavy (non-hydrogen) atoms. The van der Waals surface area contributed by atoms with E-state index in [2.05, 4.69) is 12.2 Å². The summed E-state index contributed by atoms with van der Waals surface area (Å²) in [4.78, 5) is 11.6. The quantitative estimate of drug-likeness (QED) is 0.645. The molecule has 0 saturated carbocycles. The van der Waals surface area contributed by atoms with Crippen LogP contribution in [-0.4, -0.2) is 33.2 Å². The van der Waals surface area contributed by atoms with Gasteiger partial charge in [-0.1, -0.05) is 25.5 Å². The van der Waals surface area contributed by atoms with E-state index in [9.17, 15) is 13.2 Å². The molecule has 1 fully saturated rings. The van der Waals surface area contributed by atoms with Crippen molar-refractivity contribution in [3.8, 4) is 0 Å². The Labute approximate surface area is 132 Å². The van der Waals surface area contributed by atoms with Gasteiger partial charge in [0.25, 0.3) is 0 Å². The van der Waals surface area contributed by atoms with Gasteiger partial charge in [0.15, 0.2) is 0 Å². The molecule has 1 saturated heterocycles. The van der Waals surface area contributed by atoms with Crippen LogP contribution in [0.1, 0.15) is 31.7 Å². The maximum absolute atomic E-state index is 11.8. The third-order valence-corrected chi connectivity index (χ3v) is 5.41. The van der Waals surface area contributed by atoms with Crippen molar-refractivity contribution in [2.24, 2.45) is 0 Å². The van der Waals surface area contributed by atoms with Gasteiger partial charge in [0.1, 0.15) is 0 Å². The van der Waals surface area contributed by atoms with Gasteiger partial charge in [-0.25, -0.2) is 8.42 Å². The van der Waals surface area contributed by atoms with Crippen LogP contribution in [-0.2, 0) is 14.8 Å². The molecular weight excluding hydrogens is 300 g/mol. The third kappa shape index (κ3) is 4.34. The number of carbonyl (C=O) groups is 1. The van der Waals surface area contributed by atoms with Gasteiger partial charge in [0.05, 0.1) is 11.4 Å². The summed E-state index contributed by atoms with van der Waals surface area (Å²) in [6.45, 7) is 3.30. The molecule has 0 radical (unpaired) electrons. The lowest BCUT2D eigenvalue weighted by Gasteiger charge is -2.16. The zero-order valence-electron chi connectivity index (χ0n) is 12.8. The molecular formula is C16H22N2O3S. The average molecular weight is 322 g/mol. The van der Waals surface area contributed by atoms with Gasteiger partial charge < -0.3 is 5.32 Å². The monoisotopic (exact) mass is 322 g/mol. The Morgan fingerprint density at radius 2 is 2.05 bits per heavy atom. The number of rotatable bonds is 6.